The van der Waals surface area contributed by atoms with Crippen molar-refractivity contribution in [3.63, 3.8) is 0 Å². The molecule has 2 atom stereocenters. The molecule has 2 heteroatoms. The van der Waals surface area contributed by atoms with E-state index >= 15 is 0 Å². The van der Waals surface area contributed by atoms with Crippen molar-refractivity contribution in [2.75, 3.05) is 7.05 Å². The summed E-state index contributed by atoms with van der Waals surface area (Å²) in [5, 5.41) is 5.90. The summed E-state index contributed by atoms with van der Waals surface area (Å²) in [5.41, 5.74) is 1.67. The van der Waals surface area contributed by atoms with E-state index in [2.05, 4.69) is 23.8 Å². The Kier molecular flexibility index (Phi) is 3.53. The highest BCUT2D eigenvalue weighted by atomic mass is 32.1. The second kappa shape index (κ2) is 5.11. The van der Waals surface area contributed by atoms with Crippen molar-refractivity contribution >= 4 is 11.3 Å². The molecule has 0 aliphatic heterocycles. The molecule has 0 aromatic carbocycles. The van der Waals surface area contributed by atoms with Gasteiger partial charge in [0, 0.05) is 16.8 Å². The van der Waals surface area contributed by atoms with Gasteiger partial charge in [-0.25, -0.2) is 0 Å². The molecular weight excluding hydrogens is 226 g/mol. The minimum Gasteiger partial charge on any atom is -0.316 e. The van der Waals surface area contributed by atoms with Gasteiger partial charge in [-0.1, -0.05) is 19.3 Å². The Morgan fingerprint density at radius 3 is 2.94 bits per heavy atom. The molecule has 1 N–H and O–H groups in total. The van der Waals surface area contributed by atoms with Gasteiger partial charge in [-0.15, -0.1) is 11.3 Å². The van der Waals surface area contributed by atoms with Crippen molar-refractivity contribution in [2.24, 2.45) is 5.92 Å². The predicted octanol–water partition coefficient (Wildman–Crippen LogP) is 3.95. The Bertz CT molecular complexity index is 367. The average molecular weight is 249 g/mol. The molecule has 17 heavy (non-hydrogen) atoms. The van der Waals surface area contributed by atoms with Crippen LogP contribution in [0.15, 0.2) is 11.4 Å². The number of thiophene rings is 1. The molecule has 0 spiro atoms. The highest BCUT2D eigenvalue weighted by molar-refractivity contribution is 7.10. The number of hydrogen-bond donors (Lipinski definition) is 1. The second-order valence-corrected chi connectivity index (χ2v) is 6.73. The first-order valence-corrected chi connectivity index (χ1v) is 8.00. The molecule has 1 saturated carbocycles. The Balaban J connectivity index is 1.73. The summed E-state index contributed by atoms with van der Waals surface area (Å²) in [6.45, 7) is 0. The van der Waals surface area contributed by atoms with Crippen LogP contribution in [0.1, 0.15) is 54.9 Å². The summed E-state index contributed by atoms with van der Waals surface area (Å²) in [6, 6.07) is 3.10. The summed E-state index contributed by atoms with van der Waals surface area (Å²) in [4.78, 5) is 1.66. The summed E-state index contributed by atoms with van der Waals surface area (Å²) in [6.07, 6.45) is 9.92. The van der Waals surface area contributed by atoms with Crippen molar-refractivity contribution in [2.45, 2.75) is 56.9 Å². The van der Waals surface area contributed by atoms with Crippen LogP contribution in [0.2, 0.25) is 0 Å². The van der Waals surface area contributed by atoms with Crippen LogP contribution in [0.25, 0.3) is 0 Å². The lowest BCUT2D eigenvalue weighted by Gasteiger charge is -2.35. The van der Waals surface area contributed by atoms with Crippen LogP contribution in [-0.2, 0) is 6.42 Å². The summed E-state index contributed by atoms with van der Waals surface area (Å²) < 4.78 is 0. The third-order valence-electron chi connectivity index (χ3n) is 4.77. The molecule has 2 aliphatic carbocycles. The first-order chi connectivity index (χ1) is 8.38. The Labute approximate surface area is 109 Å². The maximum Gasteiger partial charge on any atom is 0.0136 e. The lowest BCUT2D eigenvalue weighted by molar-refractivity contribution is 0.243. The SMILES string of the molecule is CNC(CC1CCC1)C1CCCc2sccc21. The monoisotopic (exact) mass is 249 g/mol. The van der Waals surface area contributed by atoms with Gasteiger partial charge in [-0.05, 0) is 55.7 Å². The normalized spacial score (nSPS) is 26.3. The highest BCUT2D eigenvalue weighted by Crippen LogP contribution is 2.40. The number of hydrogen-bond acceptors (Lipinski definition) is 2. The van der Waals surface area contributed by atoms with Crippen LogP contribution in [0.5, 0.6) is 0 Å². The fraction of sp³-hybridized carbons (Fsp3) is 0.733. The number of nitrogens with one attached hydrogen (secondary N) is 1. The summed E-state index contributed by atoms with van der Waals surface area (Å²) in [5.74, 6) is 1.80. The van der Waals surface area contributed by atoms with Crippen molar-refractivity contribution in [3.8, 4) is 0 Å². The van der Waals surface area contributed by atoms with Crippen molar-refractivity contribution < 1.29 is 0 Å². The van der Waals surface area contributed by atoms with E-state index in [1.807, 2.05) is 11.3 Å². The molecule has 1 heterocycles. The molecule has 1 fully saturated rings. The molecular formula is C15H23NS. The van der Waals surface area contributed by atoms with Crippen LogP contribution < -0.4 is 5.32 Å². The van der Waals surface area contributed by atoms with Gasteiger partial charge in [0.05, 0.1) is 0 Å². The van der Waals surface area contributed by atoms with E-state index in [9.17, 15) is 0 Å². The van der Waals surface area contributed by atoms with Gasteiger partial charge >= 0.3 is 0 Å². The minimum absolute atomic E-state index is 0.717. The number of rotatable bonds is 4. The minimum atomic E-state index is 0.717. The van der Waals surface area contributed by atoms with Gasteiger partial charge in [0.15, 0.2) is 0 Å². The van der Waals surface area contributed by atoms with Crippen LogP contribution in [0.3, 0.4) is 0 Å². The van der Waals surface area contributed by atoms with Crippen molar-refractivity contribution in [3.05, 3.63) is 21.9 Å². The number of aryl methyl sites for hydroxylation is 1. The standard InChI is InChI=1S/C15H23NS/c1-16-14(10-11-4-2-5-11)12-6-3-7-15-13(12)8-9-17-15/h8-9,11-12,14,16H,2-7,10H2,1H3. The third kappa shape index (κ3) is 2.30. The maximum absolute atomic E-state index is 3.61. The highest BCUT2D eigenvalue weighted by Gasteiger charge is 2.30. The van der Waals surface area contributed by atoms with Gasteiger partial charge in [-0.3, -0.25) is 0 Å². The zero-order valence-electron chi connectivity index (χ0n) is 10.7. The smallest absolute Gasteiger partial charge is 0.0136 e. The van der Waals surface area contributed by atoms with E-state index in [0.717, 1.165) is 11.8 Å². The molecule has 94 valence electrons. The first kappa shape index (κ1) is 11.7. The third-order valence-corrected chi connectivity index (χ3v) is 5.76. The molecule has 1 aromatic heterocycles. The van der Waals surface area contributed by atoms with E-state index < -0.39 is 0 Å². The van der Waals surface area contributed by atoms with E-state index in [1.54, 1.807) is 10.4 Å². The van der Waals surface area contributed by atoms with Gasteiger partial charge in [0.2, 0.25) is 0 Å². The van der Waals surface area contributed by atoms with Crippen LogP contribution in [0.4, 0.5) is 0 Å². The van der Waals surface area contributed by atoms with Crippen LogP contribution >= 0.6 is 11.3 Å². The average Bonchev–Trinajstić information content (AvgIpc) is 2.76. The molecule has 1 nitrogen and oxygen atoms in total. The first-order valence-electron chi connectivity index (χ1n) is 7.12. The number of likely N-dealkylation sites (N-methyl/N-ethyl adjacent to an activating group) is 1. The molecule has 0 radical (unpaired) electrons. The van der Waals surface area contributed by atoms with Crippen LogP contribution in [-0.4, -0.2) is 13.1 Å². The van der Waals surface area contributed by atoms with Gasteiger partial charge in [0.25, 0.3) is 0 Å². The summed E-state index contributed by atoms with van der Waals surface area (Å²) >= 11 is 1.97. The zero-order valence-corrected chi connectivity index (χ0v) is 11.6. The van der Waals surface area contributed by atoms with E-state index in [-0.39, 0.29) is 0 Å². The van der Waals surface area contributed by atoms with Gasteiger partial charge in [0.1, 0.15) is 0 Å². The van der Waals surface area contributed by atoms with E-state index in [0.29, 0.717) is 6.04 Å². The Hall–Kier alpha value is -0.340. The van der Waals surface area contributed by atoms with Crippen LogP contribution in [0, 0.1) is 5.92 Å². The topological polar surface area (TPSA) is 12.0 Å². The molecule has 0 bridgehead atoms. The Morgan fingerprint density at radius 2 is 2.24 bits per heavy atom. The molecule has 0 saturated heterocycles. The van der Waals surface area contributed by atoms with Crippen molar-refractivity contribution in [1.29, 1.82) is 0 Å². The lowest BCUT2D eigenvalue weighted by Crippen LogP contribution is -2.36. The van der Waals surface area contributed by atoms with Gasteiger partial charge in [-0.2, -0.15) is 0 Å². The Morgan fingerprint density at radius 1 is 1.35 bits per heavy atom. The molecule has 2 aliphatic rings. The fourth-order valence-electron chi connectivity index (χ4n) is 3.51. The number of fused-ring (bicyclic) bond motifs is 1. The summed E-state index contributed by atoms with van der Waals surface area (Å²) in [7, 11) is 2.16. The van der Waals surface area contributed by atoms with Crippen molar-refractivity contribution in [1.82, 2.24) is 5.32 Å². The molecule has 3 rings (SSSR count). The molecule has 1 aromatic rings. The zero-order chi connectivity index (χ0) is 11.7. The molecule has 0 amide bonds. The lowest BCUT2D eigenvalue weighted by atomic mass is 9.74. The fourth-order valence-corrected chi connectivity index (χ4v) is 4.51. The molecule has 2 unspecified atom stereocenters. The quantitative estimate of drug-likeness (QED) is 0.852. The largest absolute Gasteiger partial charge is 0.316 e. The predicted molar refractivity (Wildman–Crippen MR) is 74.8 cm³/mol. The van der Waals surface area contributed by atoms with E-state index in [1.165, 1.54) is 44.9 Å². The maximum atomic E-state index is 3.61. The van der Waals surface area contributed by atoms with Gasteiger partial charge < -0.3 is 5.32 Å². The van der Waals surface area contributed by atoms with E-state index in [4.69, 9.17) is 0 Å². The second-order valence-electron chi connectivity index (χ2n) is 5.73.